The summed E-state index contributed by atoms with van der Waals surface area (Å²) in [6.45, 7) is 11.0. The highest BCUT2D eigenvalue weighted by Crippen LogP contribution is 2.63. The van der Waals surface area contributed by atoms with Crippen molar-refractivity contribution in [2.24, 2.45) is 35.0 Å². The fraction of sp³-hybridized carbons (Fsp3) is 0.857. The maximum absolute atomic E-state index is 10.3. The van der Waals surface area contributed by atoms with E-state index in [1.54, 1.807) is 16.7 Å². The number of aliphatic hydroxyl groups is 1. The van der Waals surface area contributed by atoms with E-state index in [2.05, 4.69) is 39.1 Å². The maximum atomic E-state index is 10.3. The summed E-state index contributed by atoms with van der Waals surface area (Å²) in [5, 5.41) is 14.1. The molecule has 0 aromatic carbocycles. The summed E-state index contributed by atoms with van der Waals surface area (Å²) < 4.78 is 7.01. The molecule has 6 aliphatic rings. The van der Waals surface area contributed by atoms with Crippen LogP contribution in [0.15, 0.2) is 22.8 Å². The Kier molecular flexibility index (Phi) is 4.85. The van der Waals surface area contributed by atoms with E-state index in [9.17, 15) is 5.11 Å². The zero-order valence-electron chi connectivity index (χ0n) is 20.1. The lowest BCUT2D eigenvalue weighted by Gasteiger charge is -2.49. The number of hydrogen-bond acceptors (Lipinski definition) is 3. The van der Waals surface area contributed by atoms with E-state index < -0.39 is 0 Å². The van der Waals surface area contributed by atoms with E-state index in [0.717, 1.165) is 49.5 Å². The maximum Gasteiger partial charge on any atom is 0.0765 e. The smallest absolute Gasteiger partial charge is 0.0765 e. The van der Waals surface area contributed by atoms with Gasteiger partial charge in [-0.05, 0) is 100 Å². The van der Waals surface area contributed by atoms with Gasteiger partial charge in [0.05, 0.1) is 17.8 Å². The molecule has 2 N–H and O–H groups in total. The Morgan fingerprint density at radius 2 is 2.00 bits per heavy atom. The van der Waals surface area contributed by atoms with Crippen LogP contribution in [0.2, 0.25) is 0 Å². The number of allylic oxidation sites excluding steroid dienone is 2. The number of hydrogen-bond donors (Lipinski definition) is 2. The van der Waals surface area contributed by atoms with Crippen LogP contribution in [0.5, 0.6) is 0 Å². The lowest BCUT2D eigenvalue weighted by molar-refractivity contribution is -0.0720. The van der Waals surface area contributed by atoms with Crippen molar-refractivity contribution in [1.29, 1.82) is 0 Å². The van der Waals surface area contributed by atoms with E-state index in [1.165, 1.54) is 38.5 Å². The molecule has 0 aromatic rings. The number of fused-ring (bicyclic) bond motifs is 6. The van der Waals surface area contributed by atoms with Gasteiger partial charge in [-0.1, -0.05) is 43.6 Å². The number of piperidine rings is 1. The lowest BCUT2D eigenvalue weighted by Crippen LogP contribution is -2.48. The molecule has 3 nitrogen and oxygen atoms in total. The number of rotatable bonds is 0. The summed E-state index contributed by atoms with van der Waals surface area (Å²) >= 11 is 0. The van der Waals surface area contributed by atoms with Crippen LogP contribution in [0, 0.1) is 35.0 Å². The Balaban J connectivity index is 1.28. The molecule has 3 heteroatoms. The molecule has 0 bridgehead atoms. The third-order valence-corrected chi connectivity index (χ3v) is 11.0. The van der Waals surface area contributed by atoms with Crippen molar-refractivity contribution in [1.82, 2.24) is 5.32 Å². The van der Waals surface area contributed by atoms with Gasteiger partial charge in [0.15, 0.2) is 0 Å². The lowest BCUT2D eigenvalue weighted by atomic mass is 9.56. The van der Waals surface area contributed by atoms with Crippen molar-refractivity contribution < 1.29 is 9.84 Å². The van der Waals surface area contributed by atoms with Crippen molar-refractivity contribution in [2.75, 3.05) is 6.54 Å². The second-order valence-electron chi connectivity index (χ2n) is 12.7. The molecule has 0 aromatic heterocycles. The van der Waals surface area contributed by atoms with Crippen LogP contribution >= 0.6 is 0 Å². The molecule has 1 spiro atoms. The molecule has 10 atom stereocenters. The first-order valence-corrected chi connectivity index (χ1v) is 13.3. The van der Waals surface area contributed by atoms with Gasteiger partial charge < -0.3 is 15.2 Å². The van der Waals surface area contributed by atoms with Gasteiger partial charge in [0.25, 0.3) is 0 Å². The molecule has 2 aliphatic heterocycles. The van der Waals surface area contributed by atoms with Gasteiger partial charge >= 0.3 is 0 Å². The van der Waals surface area contributed by atoms with Gasteiger partial charge in [-0.25, -0.2) is 0 Å². The highest BCUT2D eigenvalue weighted by molar-refractivity contribution is 5.33. The largest absolute Gasteiger partial charge is 0.393 e. The standard InChI is InChI=1S/C28H43NO2/c1-16-11-25-26(29-15-16)18(3)28(31-25)10-8-21-22-6-5-19-12-20(30)7-9-27(19,4)24(22)13-23(21)17(2)14-28/h5,16,18,20-22,24-26,29-30H,6-15H2,1-4H3/t16-,18+,20-,21-,22-,24-,25+,26-,27?,28-/m0/s1. The first-order chi connectivity index (χ1) is 14.8. The average Bonchev–Trinajstić information content (AvgIpc) is 3.19. The zero-order valence-corrected chi connectivity index (χ0v) is 20.1. The second kappa shape index (κ2) is 7.18. The van der Waals surface area contributed by atoms with Crippen molar-refractivity contribution in [3.8, 4) is 0 Å². The quantitative estimate of drug-likeness (QED) is 0.511. The Hall–Kier alpha value is -0.640. The van der Waals surface area contributed by atoms with Crippen LogP contribution in [0.3, 0.4) is 0 Å². The highest BCUT2D eigenvalue weighted by Gasteiger charge is 2.58. The van der Waals surface area contributed by atoms with Crippen LogP contribution in [-0.2, 0) is 4.74 Å². The first-order valence-electron chi connectivity index (χ1n) is 13.3. The number of nitrogens with one attached hydrogen (secondary N) is 1. The van der Waals surface area contributed by atoms with Gasteiger partial charge in [0.1, 0.15) is 0 Å². The molecule has 4 aliphatic carbocycles. The Labute approximate surface area is 189 Å². The Morgan fingerprint density at radius 3 is 2.84 bits per heavy atom. The minimum absolute atomic E-state index is 0.0534. The minimum atomic E-state index is -0.107. The number of aliphatic hydroxyl groups excluding tert-OH is 1. The van der Waals surface area contributed by atoms with Crippen LogP contribution in [0.4, 0.5) is 0 Å². The Morgan fingerprint density at radius 1 is 1.16 bits per heavy atom. The van der Waals surface area contributed by atoms with E-state index in [-0.39, 0.29) is 11.7 Å². The first kappa shape index (κ1) is 20.9. The summed E-state index contributed by atoms with van der Waals surface area (Å²) in [6.07, 6.45) is 13.4. The predicted octanol–water partition coefficient (Wildman–Crippen LogP) is 5.39. The third-order valence-electron chi connectivity index (χ3n) is 11.0. The van der Waals surface area contributed by atoms with Gasteiger partial charge in [0.2, 0.25) is 0 Å². The van der Waals surface area contributed by atoms with Gasteiger partial charge in [-0.3, -0.25) is 0 Å². The molecule has 2 saturated carbocycles. The topological polar surface area (TPSA) is 41.5 Å². The minimum Gasteiger partial charge on any atom is -0.393 e. The second-order valence-corrected chi connectivity index (χ2v) is 12.7. The van der Waals surface area contributed by atoms with E-state index in [0.29, 0.717) is 23.5 Å². The summed E-state index contributed by atoms with van der Waals surface area (Å²) in [5.74, 6) is 3.69. The molecule has 2 saturated heterocycles. The highest BCUT2D eigenvalue weighted by atomic mass is 16.5. The van der Waals surface area contributed by atoms with Crippen molar-refractivity contribution >= 4 is 0 Å². The molecular weight excluding hydrogens is 382 g/mol. The SMILES string of the molecule is CC1=C2C[C@H]3[C@@H](CC=C4C[C@@H](O)CCC43C)[C@@H]2CC[C@@]2(C1)O[C@@H]1C[C@H](C)CN[C@H]1[C@H]2C. The average molecular weight is 426 g/mol. The summed E-state index contributed by atoms with van der Waals surface area (Å²) in [5.41, 5.74) is 5.43. The molecule has 0 amide bonds. The third kappa shape index (κ3) is 3.02. The predicted molar refractivity (Wildman–Crippen MR) is 125 cm³/mol. The van der Waals surface area contributed by atoms with Crippen molar-refractivity contribution in [3.05, 3.63) is 22.8 Å². The Bertz CT molecular complexity index is 816. The van der Waals surface area contributed by atoms with Crippen LogP contribution < -0.4 is 5.32 Å². The van der Waals surface area contributed by atoms with E-state index >= 15 is 0 Å². The molecule has 0 radical (unpaired) electrons. The molecule has 6 rings (SSSR count). The fourth-order valence-corrected chi connectivity index (χ4v) is 9.21. The number of ether oxygens (including phenoxy) is 1. The zero-order chi connectivity index (χ0) is 21.5. The van der Waals surface area contributed by atoms with Crippen molar-refractivity contribution in [2.45, 2.75) is 109 Å². The van der Waals surface area contributed by atoms with Crippen LogP contribution in [-0.4, -0.2) is 35.5 Å². The normalized spacial score (nSPS) is 54.0. The summed E-state index contributed by atoms with van der Waals surface area (Å²) in [7, 11) is 0. The summed E-state index contributed by atoms with van der Waals surface area (Å²) in [6, 6.07) is 0.549. The molecule has 1 unspecified atom stereocenters. The van der Waals surface area contributed by atoms with Crippen LogP contribution in [0.25, 0.3) is 0 Å². The molecular formula is C28H43NO2. The molecule has 172 valence electrons. The molecule has 4 fully saturated rings. The molecule has 31 heavy (non-hydrogen) atoms. The van der Waals surface area contributed by atoms with E-state index in [1.807, 2.05) is 0 Å². The van der Waals surface area contributed by atoms with Gasteiger partial charge in [0, 0.05) is 12.0 Å². The van der Waals surface area contributed by atoms with Gasteiger partial charge in [-0.15, -0.1) is 0 Å². The van der Waals surface area contributed by atoms with Crippen molar-refractivity contribution in [3.63, 3.8) is 0 Å². The summed E-state index contributed by atoms with van der Waals surface area (Å²) in [4.78, 5) is 0. The fourth-order valence-electron chi connectivity index (χ4n) is 9.21. The molecule has 2 heterocycles. The van der Waals surface area contributed by atoms with Gasteiger partial charge in [-0.2, -0.15) is 0 Å². The monoisotopic (exact) mass is 425 g/mol. The van der Waals surface area contributed by atoms with E-state index in [4.69, 9.17) is 4.74 Å². The van der Waals surface area contributed by atoms with Crippen LogP contribution in [0.1, 0.15) is 85.5 Å².